The molecule has 0 aromatic carbocycles. The zero-order valence-corrected chi connectivity index (χ0v) is 12.5. The molecule has 0 saturated carbocycles. The molecule has 1 amide bonds. The molecule has 0 saturated heterocycles. The van der Waals surface area contributed by atoms with E-state index in [4.69, 9.17) is 5.11 Å². The lowest BCUT2D eigenvalue weighted by Crippen LogP contribution is -2.43. The van der Waals surface area contributed by atoms with Gasteiger partial charge in [0.2, 0.25) is 5.91 Å². The average Bonchev–Trinajstić information content (AvgIpc) is 2.39. The molecule has 1 rings (SSSR count). The molecule has 5 nitrogen and oxygen atoms in total. The maximum atomic E-state index is 12.0. The molecule has 20 heavy (non-hydrogen) atoms. The first-order valence-electron chi connectivity index (χ1n) is 7.04. The van der Waals surface area contributed by atoms with Crippen LogP contribution in [0.5, 0.6) is 0 Å². The van der Waals surface area contributed by atoms with Crippen molar-refractivity contribution in [3.05, 3.63) is 30.1 Å². The van der Waals surface area contributed by atoms with Crippen LogP contribution < -0.4 is 5.32 Å². The summed E-state index contributed by atoms with van der Waals surface area (Å²) in [7, 11) is 0. The standard InChI is InChI=1S/C15H25N3O2/c1-12(2)13(3)17-15(20)11-18(7-8-19)10-14-5-4-6-16-9-14/h4-6,9,12-13,19H,7-8,10-11H2,1-3H3,(H,17,20). The lowest BCUT2D eigenvalue weighted by molar-refractivity contribution is -0.123. The van der Waals surface area contributed by atoms with Gasteiger partial charge in [0.25, 0.3) is 0 Å². The van der Waals surface area contributed by atoms with Gasteiger partial charge in [-0.1, -0.05) is 19.9 Å². The molecule has 1 atom stereocenters. The molecule has 0 bridgehead atoms. The van der Waals surface area contributed by atoms with Gasteiger partial charge >= 0.3 is 0 Å². The second kappa shape index (κ2) is 8.66. The third kappa shape index (κ3) is 6.12. The molecule has 0 fully saturated rings. The lowest BCUT2D eigenvalue weighted by atomic mass is 10.1. The summed E-state index contributed by atoms with van der Waals surface area (Å²) in [6.07, 6.45) is 3.50. The largest absolute Gasteiger partial charge is 0.395 e. The van der Waals surface area contributed by atoms with Crippen molar-refractivity contribution in [2.24, 2.45) is 5.92 Å². The van der Waals surface area contributed by atoms with E-state index < -0.39 is 0 Å². The van der Waals surface area contributed by atoms with Crippen molar-refractivity contribution >= 4 is 5.91 Å². The number of hydrogen-bond donors (Lipinski definition) is 2. The minimum atomic E-state index is -0.0106. The number of nitrogens with one attached hydrogen (secondary N) is 1. The van der Waals surface area contributed by atoms with Gasteiger partial charge in [-0.2, -0.15) is 0 Å². The topological polar surface area (TPSA) is 65.5 Å². The summed E-state index contributed by atoms with van der Waals surface area (Å²) >= 11 is 0. The van der Waals surface area contributed by atoms with E-state index >= 15 is 0 Å². The van der Waals surface area contributed by atoms with Crippen LogP contribution in [0.1, 0.15) is 26.3 Å². The van der Waals surface area contributed by atoms with Gasteiger partial charge in [-0.3, -0.25) is 14.7 Å². The van der Waals surface area contributed by atoms with Crippen LogP contribution in [0.15, 0.2) is 24.5 Å². The Morgan fingerprint density at radius 2 is 2.20 bits per heavy atom. The highest BCUT2D eigenvalue weighted by atomic mass is 16.3. The van der Waals surface area contributed by atoms with Crippen molar-refractivity contribution in [3.63, 3.8) is 0 Å². The van der Waals surface area contributed by atoms with Gasteiger partial charge < -0.3 is 10.4 Å². The van der Waals surface area contributed by atoms with Gasteiger partial charge in [-0.25, -0.2) is 0 Å². The van der Waals surface area contributed by atoms with Crippen LogP contribution in [0.3, 0.4) is 0 Å². The minimum Gasteiger partial charge on any atom is -0.395 e. The number of carbonyl (C=O) groups is 1. The summed E-state index contributed by atoms with van der Waals surface area (Å²) in [5.41, 5.74) is 1.03. The Hall–Kier alpha value is -1.46. The van der Waals surface area contributed by atoms with Crippen LogP contribution in [-0.4, -0.2) is 46.6 Å². The number of carbonyl (C=O) groups excluding carboxylic acids is 1. The normalized spacial score (nSPS) is 12.7. The maximum Gasteiger partial charge on any atom is 0.234 e. The van der Waals surface area contributed by atoms with Crippen molar-refractivity contribution < 1.29 is 9.90 Å². The van der Waals surface area contributed by atoms with E-state index in [-0.39, 0.29) is 25.1 Å². The van der Waals surface area contributed by atoms with Crippen molar-refractivity contribution in [1.82, 2.24) is 15.2 Å². The van der Waals surface area contributed by atoms with Gasteiger partial charge in [-0.15, -0.1) is 0 Å². The van der Waals surface area contributed by atoms with Crippen LogP contribution >= 0.6 is 0 Å². The van der Waals surface area contributed by atoms with E-state index in [1.807, 2.05) is 24.0 Å². The Labute approximate surface area is 121 Å². The molecule has 2 N–H and O–H groups in total. The number of rotatable bonds is 8. The molecular weight excluding hydrogens is 254 g/mol. The number of hydrogen-bond acceptors (Lipinski definition) is 4. The monoisotopic (exact) mass is 279 g/mol. The molecule has 0 spiro atoms. The highest BCUT2D eigenvalue weighted by molar-refractivity contribution is 5.78. The molecule has 1 heterocycles. The van der Waals surface area contributed by atoms with E-state index in [0.29, 0.717) is 19.0 Å². The average molecular weight is 279 g/mol. The van der Waals surface area contributed by atoms with Crippen LogP contribution in [-0.2, 0) is 11.3 Å². The highest BCUT2D eigenvalue weighted by Gasteiger charge is 2.14. The molecular formula is C15H25N3O2. The third-order valence-electron chi connectivity index (χ3n) is 3.30. The Morgan fingerprint density at radius 1 is 1.45 bits per heavy atom. The summed E-state index contributed by atoms with van der Waals surface area (Å²) < 4.78 is 0. The van der Waals surface area contributed by atoms with E-state index in [9.17, 15) is 4.79 Å². The van der Waals surface area contributed by atoms with Crippen LogP contribution in [0.25, 0.3) is 0 Å². The van der Waals surface area contributed by atoms with Gasteiger partial charge in [0.05, 0.1) is 13.2 Å². The fourth-order valence-electron chi connectivity index (χ4n) is 1.77. The molecule has 112 valence electrons. The predicted molar refractivity (Wildman–Crippen MR) is 79.0 cm³/mol. The summed E-state index contributed by atoms with van der Waals surface area (Å²) in [6, 6.07) is 3.98. The van der Waals surface area contributed by atoms with E-state index in [2.05, 4.69) is 24.1 Å². The number of aliphatic hydroxyl groups is 1. The Balaban J connectivity index is 2.52. The van der Waals surface area contributed by atoms with E-state index in [1.165, 1.54) is 0 Å². The smallest absolute Gasteiger partial charge is 0.234 e. The Bertz CT molecular complexity index is 395. The maximum absolute atomic E-state index is 12.0. The second-order valence-corrected chi connectivity index (χ2v) is 5.40. The summed E-state index contributed by atoms with van der Waals surface area (Å²) in [6.45, 7) is 7.55. The Morgan fingerprint density at radius 3 is 2.75 bits per heavy atom. The number of aliphatic hydroxyl groups excluding tert-OH is 1. The van der Waals surface area contributed by atoms with Gasteiger partial charge in [-0.05, 0) is 24.5 Å². The minimum absolute atomic E-state index is 0.0106. The molecule has 0 aliphatic rings. The lowest BCUT2D eigenvalue weighted by Gasteiger charge is -2.23. The summed E-state index contributed by atoms with van der Waals surface area (Å²) in [4.78, 5) is 18.0. The number of pyridine rings is 1. The molecule has 5 heteroatoms. The molecule has 1 unspecified atom stereocenters. The molecule has 1 aromatic rings. The first-order valence-corrected chi connectivity index (χ1v) is 7.04. The second-order valence-electron chi connectivity index (χ2n) is 5.40. The van der Waals surface area contributed by atoms with Crippen molar-refractivity contribution in [1.29, 1.82) is 0 Å². The quantitative estimate of drug-likeness (QED) is 0.746. The third-order valence-corrected chi connectivity index (χ3v) is 3.30. The highest BCUT2D eigenvalue weighted by Crippen LogP contribution is 2.03. The van der Waals surface area contributed by atoms with Crippen LogP contribution in [0.4, 0.5) is 0 Å². The van der Waals surface area contributed by atoms with Crippen molar-refractivity contribution in [3.8, 4) is 0 Å². The first-order chi connectivity index (χ1) is 9.52. The number of nitrogens with zero attached hydrogens (tertiary/aromatic N) is 2. The van der Waals surface area contributed by atoms with Gasteiger partial charge in [0.1, 0.15) is 0 Å². The van der Waals surface area contributed by atoms with E-state index in [0.717, 1.165) is 5.56 Å². The molecule has 0 radical (unpaired) electrons. The van der Waals surface area contributed by atoms with E-state index in [1.54, 1.807) is 12.4 Å². The molecule has 1 aromatic heterocycles. The van der Waals surface area contributed by atoms with Crippen molar-refractivity contribution in [2.45, 2.75) is 33.4 Å². The zero-order valence-electron chi connectivity index (χ0n) is 12.5. The fraction of sp³-hybridized carbons (Fsp3) is 0.600. The Kier molecular flexibility index (Phi) is 7.18. The fourth-order valence-corrected chi connectivity index (χ4v) is 1.77. The van der Waals surface area contributed by atoms with Gasteiger partial charge in [0, 0.05) is 31.5 Å². The van der Waals surface area contributed by atoms with Crippen LogP contribution in [0, 0.1) is 5.92 Å². The van der Waals surface area contributed by atoms with Crippen LogP contribution in [0.2, 0.25) is 0 Å². The van der Waals surface area contributed by atoms with Gasteiger partial charge in [0.15, 0.2) is 0 Å². The summed E-state index contributed by atoms with van der Waals surface area (Å²) in [5.74, 6) is 0.395. The number of amides is 1. The molecule has 0 aliphatic heterocycles. The SMILES string of the molecule is CC(C)C(C)NC(=O)CN(CCO)Cc1cccnc1. The summed E-state index contributed by atoms with van der Waals surface area (Å²) in [5, 5.41) is 12.1. The molecule has 0 aliphatic carbocycles. The van der Waals surface area contributed by atoms with Crippen molar-refractivity contribution in [2.75, 3.05) is 19.7 Å². The zero-order chi connectivity index (χ0) is 15.0. The first kappa shape index (κ1) is 16.6. The number of aromatic nitrogens is 1. The predicted octanol–water partition coefficient (Wildman–Crippen LogP) is 1.04.